The molecule has 0 saturated carbocycles. The highest BCUT2D eigenvalue weighted by Crippen LogP contribution is 2.59. The van der Waals surface area contributed by atoms with E-state index in [1.165, 1.54) is 47.7 Å². The van der Waals surface area contributed by atoms with Gasteiger partial charge in [-0.15, -0.1) is 0 Å². The minimum absolute atomic E-state index is 1.28. The first-order valence-corrected chi connectivity index (χ1v) is 10.4. The highest BCUT2D eigenvalue weighted by atomic mass is 32.2. The first-order valence-electron chi connectivity index (χ1n) is 7.07. The topological polar surface area (TPSA) is 0 Å². The van der Waals surface area contributed by atoms with Crippen molar-refractivity contribution < 1.29 is 0 Å². The summed E-state index contributed by atoms with van der Waals surface area (Å²) < 4.78 is 3.05. The minimum atomic E-state index is 1.28. The largest absolute Gasteiger partial charge is 0.0881 e. The summed E-state index contributed by atoms with van der Waals surface area (Å²) in [7, 11) is 0. The Labute approximate surface area is 134 Å². The van der Waals surface area contributed by atoms with Gasteiger partial charge >= 0.3 is 0 Å². The van der Waals surface area contributed by atoms with Crippen molar-refractivity contribution in [3.63, 3.8) is 0 Å². The number of rotatable bonds is 6. The van der Waals surface area contributed by atoms with E-state index in [0.717, 1.165) is 0 Å². The van der Waals surface area contributed by atoms with Crippen molar-refractivity contribution in [3.05, 3.63) is 28.6 Å². The van der Waals surface area contributed by atoms with E-state index in [0.29, 0.717) is 0 Å². The SMILES string of the molecule is CCCCC1=C(CCCC)SC(=C2SC=C(C)S2)S1. The molecule has 0 aromatic heterocycles. The summed E-state index contributed by atoms with van der Waals surface area (Å²) in [6, 6.07) is 0. The average Bonchev–Trinajstić information content (AvgIpc) is 3.00. The summed E-state index contributed by atoms with van der Waals surface area (Å²) in [4.78, 5) is 4.76. The fourth-order valence-corrected chi connectivity index (χ4v) is 7.33. The molecular formula is C15H22S4. The van der Waals surface area contributed by atoms with Gasteiger partial charge in [-0.05, 0) is 42.9 Å². The Balaban J connectivity index is 2.03. The highest BCUT2D eigenvalue weighted by Gasteiger charge is 2.25. The maximum absolute atomic E-state index is 2.29. The lowest BCUT2D eigenvalue weighted by Crippen LogP contribution is -1.81. The molecule has 106 valence electrons. The molecule has 0 radical (unpaired) electrons. The standard InChI is InChI=1S/C15H22S4/c1-4-6-8-12-13(9-7-5-2)19-15(18-12)14-16-10-11(3)17-14/h10H,4-9H2,1-3H3. The van der Waals surface area contributed by atoms with E-state index in [9.17, 15) is 0 Å². The maximum atomic E-state index is 2.29. The number of unbranched alkanes of at least 4 members (excludes halogenated alkanes) is 2. The van der Waals surface area contributed by atoms with Crippen LogP contribution in [-0.4, -0.2) is 0 Å². The Morgan fingerprint density at radius 3 is 1.84 bits per heavy atom. The summed E-state index contributed by atoms with van der Waals surface area (Å²) in [5.41, 5.74) is 0. The van der Waals surface area contributed by atoms with Gasteiger partial charge in [-0.2, -0.15) is 0 Å². The van der Waals surface area contributed by atoms with Crippen molar-refractivity contribution in [2.75, 3.05) is 0 Å². The zero-order chi connectivity index (χ0) is 13.7. The molecule has 0 aromatic carbocycles. The summed E-state index contributed by atoms with van der Waals surface area (Å²) in [6.45, 7) is 6.78. The second-order valence-corrected chi connectivity index (χ2v) is 9.64. The molecule has 0 amide bonds. The summed E-state index contributed by atoms with van der Waals surface area (Å²) in [5, 5.41) is 2.28. The van der Waals surface area contributed by atoms with Crippen molar-refractivity contribution in [1.29, 1.82) is 0 Å². The first-order chi connectivity index (χ1) is 9.24. The van der Waals surface area contributed by atoms with Crippen LogP contribution in [0.4, 0.5) is 0 Å². The monoisotopic (exact) mass is 330 g/mol. The molecule has 2 aliphatic heterocycles. The van der Waals surface area contributed by atoms with Gasteiger partial charge in [-0.3, -0.25) is 0 Å². The third kappa shape index (κ3) is 4.55. The minimum Gasteiger partial charge on any atom is -0.0881 e. The van der Waals surface area contributed by atoms with Gasteiger partial charge in [-0.25, -0.2) is 0 Å². The lowest BCUT2D eigenvalue weighted by Gasteiger charge is -2.03. The average molecular weight is 331 g/mol. The van der Waals surface area contributed by atoms with Crippen LogP contribution >= 0.6 is 47.0 Å². The molecule has 4 heteroatoms. The van der Waals surface area contributed by atoms with Gasteiger partial charge in [0.05, 0.1) is 8.47 Å². The van der Waals surface area contributed by atoms with Crippen LogP contribution in [0.2, 0.25) is 0 Å². The maximum Gasteiger partial charge on any atom is 0.0699 e. The van der Waals surface area contributed by atoms with Crippen LogP contribution in [0.3, 0.4) is 0 Å². The van der Waals surface area contributed by atoms with Crippen molar-refractivity contribution in [1.82, 2.24) is 0 Å². The third-order valence-corrected chi connectivity index (χ3v) is 8.74. The van der Waals surface area contributed by atoms with Crippen LogP contribution in [0.25, 0.3) is 0 Å². The molecule has 2 heterocycles. The quantitative estimate of drug-likeness (QED) is 0.493. The lowest BCUT2D eigenvalue weighted by molar-refractivity contribution is 0.784. The molecule has 2 aliphatic rings. The zero-order valence-corrected chi connectivity index (χ0v) is 15.2. The summed E-state index contributed by atoms with van der Waals surface area (Å²) in [6.07, 6.45) is 7.83. The Morgan fingerprint density at radius 1 is 0.842 bits per heavy atom. The van der Waals surface area contributed by atoms with E-state index >= 15 is 0 Å². The molecule has 0 spiro atoms. The van der Waals surface area contributed by atoms with Gasteiger partial charge in [0, 0.05) is 9.81 Å². The van der Waals surface area contributed by atoms with Gasteiger partial charge in [0.1, 0.15) is 0 Å². The molecule has 0 nitrogen and oxygen atoms in total. The first kappa shape index (κ1) is 16.0. The molecule has 0 saturated heterocycles. The van der Waals surface area contributed by atoms with E-state index in [1.807, 2.05) is 23.5 Å². The Kier molecular flexibility index (Phi) is 6.87. The van der Waals surface area contributed by atoms with E-state index in [-0.39, 0.29) is 0 Å². The molecule has 19 heavy (non-hydrogen) atoms. The Morgan fingerprint density at radius 2 is 1.42 bits per heavy atom. The smallest absolute Gasteiger partial charge is 0.0699 e. The number of hydrogen-bond acceptors (Lipinski definition) is 4. The van der Waals surface area contributed by atoms with Crippen molar-refractivity contribution in [3.8, 4) is 0 Å². The van der Waals surface area contributed by atoms with Crippen molar-refractivity contribution in [2.45, 2.75) is 59.3 Å². The normalized spacial score (nSPS) is 19.6. The van der Waals surface area contributed by atoms with Gasteiger partial charge in [0.25, 0.3) is 0 Å². The second kappa shape index (κ2) is 8.16. The van der Waals surface area contributed by atoms with Crippen LogP contribution in [0, 0.1) is 0 Å². The van der Waals surface area contributed by atoms with E-state index < -0.39 is 0 Å². The lowest BCUT2D eigenvalue weighted by atomic mass is 10.2. The van der Waals surface area contributed by atoms with Gasteiger partial charge in [0.15, 0.2) is 0 Å². The van der Waals surface area contributed by atoms with Crippen LogP contribution in [0.1, 0.15) is 59.3 Å². The Bertz CT molecular complexity index is 396. The van der Waals surface area contributed by atoms with E-state index in [4.69, 9.17) is 0 Å². The molecule has 0 aliphatic carbocycles. The third-order valence-electron chi connectivity index (χ3n) is 3.01. The second-order valence-electron chi connectivity index (χ2n) is 4.78. The van der Waals surface area contributed by atoms with Crippen molar-refractivity contribution in [2.24, 2.45) is 0 Å². The highest BCUT2D eigenvalue weighted by molar-refractivity contribution is 8.33. The number of hydrogen-bond donors (Lipinski definition) is 0. The predicted molar refractivity (Wildman–Crippen MR) is 97.2 cm³/mol. The number of thioether (sulfide) groups is 4. The summed E-state index contributed by atoms with van der Waals surface area (Å²) in [5.74, 6) is 0. The molecule has 0 fully saturated rings. The fraction of sp³-hybridized carbons (Fsp3) is 0.600. The molecule has 0 bridgehead atoms. The molecule has 0 atom stereocenters. The molecule has 0 unspecified atom stereocenters. The Hall–Kier alpha value is 0.620. The summed E-state index contributed by atoms with van der Waals surface area (Å²) >= 11 is 7.97. The van der Waals surface area contributed by atoms with Crippen LogP contribution in [-0.2, 0) is 0 Å². The molecular weight excluding hydrogens is 308 g/mol. The van der Waals surface area contributed by atoms with Gasteiger partial charge in [-0.1, -0.05) is 73.7 Å². The van der Waals surface area contributed by atoms with Crippen LogP contribution < -0.4 is 0 Å². The molecule has 0 aromatic rings. The van der Waals surface area contributed by atoms with Crippen molar-refractivity contribution >= 4 is 47.0 Å². The van der Waals surface area contributed by atoms with Gasteiger partial charge < -0.3 is 0 Å². The van der Waals surface area contributed by atoms with Crippen LogP contribution in [0.15, 0.2) is 28.6 Å². The predicted octanol–water partition coefficient (Wildman–Crippen LogP) is 7.53. The number of allylic oxidation sites excluding steroid dienone is 3. The molecule has 2 rings (SSSR count). The van der Waals surface area contributed by atoms with Crippen LogP contribution in [0.5, 0.6) is 0 Å². The molecule has 0 N–H and O–H groups in total. The van der Waals surface area contributed by atoms with E-state index in [2.05, 4.69) is 49.7 Å². The van der Waals surface area contributed by atoms with Gasteiger partial charge in [0.2, 0.25) is 0 Å². The zero-order valence-electron chi connectivity index (χ0n) is 12.0. The fourth-order valence-electron chi connectivity index (χ4n) is 1.92. The van der Waals surface area contributed by atoms with E-state index in [1.54, 1.807) is 14.0 Å².